The molecule has 0 N–H and O–H groups in total. The second-order valence-electron chi connectivity index (χ2n) is 4.33. The molecule has 0 fully saturated rings. The maximum absolute atomic E-state index is 12.4. The van der Waals surface area contributed by atoms with Gasteiger partial charge >= 0.3 is 12.4 Å². The number of alkyl halides is 6. The maximum Gasteiger partial charge on any atom is 0.407 e. The number of carbonyl (C=O) groups excluding carboxylic acids is 1. The average Bonchev–Trinajstić information content (AvgIpc) is 2.26. The first-order chi connectivity index (χ1) is 9.07. The molecule has 0 saturated carbocycles. The molecule has 0 unspecified atom stereocenters. The highest BCUT2D eigenvalue weighted by Gasteiger charge is 2.60. The van der Waals surface area contributed by atoms with E-state index < -0.39 is 29.6 Å². The summed E-state index contributed by atoms with van der Waals surface area (Å²) in [6.07, 6.45) is -9.90. The van der Waals surface area contributed by atoms with Crippen molar-refractivity contribution >= 4 is 5.78 Å². The zero-order valence-corrected chi connectivity index (χ0v) is 10.5. The van der Waals surface area contributed by atoms with Crippen LogP contribution in [0, 0.1) is 5.92 Å². The summed E-state index contributed by atoms with van der Waals surface area (Å²) in [5.41, 5.74) is 0.157. The van der Waals surface area contributed by atoms with Crippen LogP contribution in [0.4, 0.5) is 26.3 Å². The van der Waals surface area contributed by atoms with Crippen LogP contribution in [0.2, 0.25) is 0 Å². The minimum Gasteiger partial charge on any atom is -0.293 e. The molecular formula is C13H12F6O. The smallest absolute Gasteiger partial charge is 0.293 e. The molecule has 0 aliphatic heterocycles. The number of ketones is 1. The van der Waals surface area contributed by atoms with Crippen molar-refractivity contribution in [3.63, 3.8) is 0 Å². The van der Waals surface area contributed by atoms with Crippen LogP contribution >= 0.6 is 0 Å². The Morgan fingerprint density at radius 2 is 1.45 bits per heavy atom. The van der Waals surface area contributed by atoms with Crippen LogP contribution in [-0.4, -0.2) is 18.1 Å². The molecule has 1 nitrogen and oxygen atoms in total. The Labute approximate surface area is 111 Å². The molecule has 0 heterocycles. The zero-order valence-electron chi connectivity index (χ0n) is 10.5. The van der Waals surface area contributed by atoms with Crippen LogP contribution in [0.1, 0.15) is 29.3 Å². The molecule has 7 heteroatoms. The maximum atomic E-state index is 12.4. The standard InChI is InChI=1S/C13H12F6O/c1-2-3-8-4-6-9(7-5-8)10(20)11(12(14,15)16)13(17,18)19/h4-7,11H,2-3H2,1H3. The number of halogens is 6. The third-order valence-corrected chi connectivity index (χ3v) is 2.69. The topological polar surface area (TPSA) is 17.1 Å². The molecular weight excluding hydrogens is 286 g/mol. The van der Waals surface area contributed by atoms with Crippen molar-refractivity contribution in [2.75, 3.05) is 0 Å². The van der Waals surface area contributed by atoms with Crippen molar-refractivity contribution in [3.8, 4) is 0 Å². The zero-order chi connectivity index (χ0) is 15.6. The molecule has 20 heavy (non-hydrogen) atoms. The third-order valence-electron chi connectivity index (χ3n) is 2.69. The highest BCUT2D eigenvalue weighted by atomic mass is 19.4. The summed E-state index contributed by atoms with van der Waals surface area (Å²) in [5.74, 6) is -5.96. The van der Waals surface area contributed by atoms with Gasteiger partial charge in [0.25, 0.3) is 0 Å². The van der Waals surface area contributed by atoms with E-state index in [4.69, 9.17) is 0 Å². The van der Waals surface area contributed by atoms with E-state index in [0.717, 1.165) is 24.1 Å². The Balaban J connectivity index is 3.07. The van der Waals surface area contributed by atoms with Crippen molar-refractivity contribution in [3.05, 3.63) is 35.4 Å². The largest absolute Gasteiger partial charge is 0.407 e. The molecule has 0 aliphatic rings. The third kappa shape index (κ3) is 3.98. The lowest BCUT2D eigenvalue weighted by molar-refractivity contribution is -0.264. The Hall–Kier alpha value is -1.53. The number of hydrogen-bond donors (Lipinski definition) is 0. The van der Waals surface area contributed by atoms with Gasteiger partial charge in [-0.1, -0.05) is 37.6 Å². The van der Waals surface area contributed by atoms with E-state index >= 15 is 0 Å². The quantitative estimate of drug-likeness (QED) is 0.588. The van der Waals surface area contributed by atoms with Gasteiger partial charge in [0.05, 0.1) is 0 Å². The number of carbonyl (C=O) groups is 1. The first-order valence-corrected chi connectivity index (χ1v) is 5.84. The number of benzene rings is 1. The van der Waals surface area contributed by atoms with Crippen molar-refractivity contribution in [2.24, 2.45) is 5.92 Å². The van der Waals surface area contributed by atoms with E-state index in [2.05, 4.69) is 0 Å². The molecule has 112 valence electrons. The van der Waals surface area contributed by atoms with Crippen LogP contribution in [0.15, 0.2) is 24.3 Å². The molecule has 0 bridgehead atoms. The fourth-order valence-electron chi connectivity index (χ4n) is 1.77. The van der Waals surface area contributed by atoms with Crippen molar-refractivity contribution in [2.45, 2.75) is 32.1 Å². The second kappa shape index (κ2) is 5.85. The van der Waals surface area contributed by atoms with Crippen molar-refractivity contribution < 1.29 is 31.1 Å². The lowest BCUT2D eigenvalue weighted by Gasteiger charge is -2.21. The lowest BCUT2D eigenvalue weighted by atomic mass is 9.95. The molecule has 0 radical (unpaired) electrons. The van der Waals surface area contributed by atoms with Gasteiger partial charge in [-0.3, -0.25) is 4.79 Å². The minimum atomic E-state index is -5.66. The molecule has 0 amide bonds. The van der Waals surface area contributed by atoms with Gasteiger partial charge in [-0.2, -0.15) is 26.3 Å². The molecule has 0 spiro atoms. The molecule has 0 saturated heterocycles. The number of aryl methyl sites for hydroxylation is 1. The summed E-state index contributed by atoms with van der Waals surface area (Å²) in [6, 6.07) is 4.72. The van der Waals surface area contributed by atoms with Crippen molar-refractivity contribution in [1.82, 2.24) is 0 Å². The Morgan fingerprint density at radius 3 is 1.80 bits per heavy atom. The summed E-state index contributed by atoms with van der Waals surface area (Å²) in [4.78, 5) is 11.5. The van der Waals surface area contributed by atoms with Crippen molar-refractivity contribution in [1.29, 1.82) is 0 Å². The summed E-state index contributed by atoms with van der Waals surface area (Å²) in [6.45, 7) is 1.88. The van der Waals surface area contributed by atoms with E-state index in [0.29, 0.717) is 6.42 Å². The van der Waals surface area contributed by atoms with Gasteiger partial charge in [0, 0.05) is 5.56 Å². The predicted octanol–water partition coefficient (Wildman–Crippen LogP) is 4.56. The number of hydrogen-bond acceptors (Lipinski definition) is 1. The molecule has 1 aromatic carbocycles. The Bertz CT molecular complexity index is 443. The SMILES string of the molecule is CCCc1ccc(C(=O)C(C(F)(F)F)C(F)(F)F)cc1. The van der Waals surface area contributed by atoms with E-state index in [1.54, 1.807) is 0 Å². The van der Waals surface area contributed by atoms with Gasteiger partial charge in [-0.15, -0.1) is 0 Å². The van der Waals surface area contributed by atoms with Crippen LogP contribution in [0.5, 0.6) is 0 Å². The van der Waals surface area contributed by atoms with Gasteiger partial charge in [0.15, 0.2) is 5.78 Å². The first-order valence-electron chi connectivity index (χ1n) is 5.84. The number of Topliss-reactive ketones (excluding diaryl/α,β-unsaturated/α-hetero) is 1. The molecule has 1 aromatic rings. The minimum absolute atomic E-state index is 0.593. The molecule has 0 atom stereocenters. The monoisotopic (exact) mass is 298 g/mol. The summed E-state index contributed by atoms with van der Waals surface area (Å²) < 4.78 is 74.5. The van der Waals surface area contributed by atoms with Crippen LogP contribution < -0.4 is 0 Å². The summed E-state index contributed by atoms with van der Waals surface area (Å²) >= 11 is 0. The molecule has 0 aromatic heterocycles. The highest BCUT2D eigenvalue weighted by Crippen LogP contribution is 2.41. The lowest BCUT2D eigenvalue weighted by Crippen LogP contribution is -2.42. The van der Waals surface area contributed by atoms with Crippen LogP contribution in [-0.2, 0) is 6.42 Å². The molecule has 1 rings (SSSR count). The normalized spacial score (nSPS) is 12.8. The summed E-state index contributed by atoms with van der Waals surface area (Å²) in [5, 5.41) is 0. The fraction of sp³-hybridized carbons (Fsp3) is 0.462. The van der Waals surface area contributed by atoms with Gasteiger partial charge in [-0.25, -0.2) is 0 Å². The highest BCUT2D eigenvalue weighted by molar-refractivity contribution is 5.98. The Morgan fingerprint density at radius 1 is 1.00 bits per heavy atom. The van der Waals surface area contributed by atoms with E-state index in [-0.39, 0.29) is 0 Å². The summed E-state index contributed by atoms with van der Waals surface area (Å²) in [7, 11) is 0. The van der Waals surface area contributed by atoms with E-state index in [1.165, 1.54) is 12.1 Å². The van der Waals surface area contributed by atoms with Gasteiger partial charge in [-0.05, 0) is 12.0 Å². The van der Waals surface area contributed by atoms with Gasteiger partial charge < -0.3 is 0 Å². The van der Waals surface area contributed by atoms with Crippen LogP contribution in [0.3, 0.4) is 0 Å². The second-order valence-corrected chi connectivity index (χ2v) is 4.33. The predicted molar refractivity (Wildman–Crippen MR) is 60.4 cm³/mol. The Kier molecular flexibility index (Phi) is 4.83. The number of rotatable bonds is 4. The van der Waals surface area contributed by atoms with E-state index in [9.17, 15) is 31.1 Å². The first kappa shape index (κ1) is 16.5. The van der Waals surface area contributed by atoms with E-state index in [1.807, 2.05) is 6.92 Å². The molecule has 0 aliphatic carbocycles. The van der Waals surface area contributed by atoms with Crippen LogP contribution in [0.25, 0.3) is 0 Å². The van der Waals surface area contributed by atoms with Gasteiger partial charge in [0.2, 0.25) is 5.92 Å². The fourth-order valence-corrected chi connectivity index (χ4v) is 1.77. The average molecular weight is 298 g/mol. The van der Waals surface area contributed by atoms with Gasteiger partial charge in [0.1, 0.15) is 0 Å².